The van der Waals surface area contributed by atoms with Gasteiger partial charge in [-0.25, -0.2) is 0 Å². The van der Waals surface area contributed by atoms with Gasteiger partial charge < -0.3 is 10.6 Å². The van der Waals surface area contributed by atoms with E-state index in [9.17, 15) is 0 Å². The van der Waals surface area contributed by atoms with Crippen molar-refractivity contribution in [3.05, 3.63) is 0 Å². The fourth-order valence-electron chi connectivity index (χ4n) is 2.50. The molecule has 2 rings (SSSR count). The van der Waals surface area contributed by atoms with Gasteiger partial charge in [-0.05, 0) is 57.7 Å². The van der Waals surface area contributed by atoms with E-state index in [2.05, 4.69) is 10.6 Å². The van der Waals surface area contributed by atoms with Gasteiger partial charge in [0.15, 0.2) is 0 Å². The Morgan fingerprint density at radius 3 is 2.40 bits per heavy atom. The molecule has 0 radical (unpaired) electrons. The first-order valence-corrected chi connectivity index (χ1v) is 6.89. The van der Waals surface area contributed by atoms with Crippen molar-refractivity contribution in [1.29, 1.82) is 0 Å². The van der Waals surface area contributed by atoms with Crippen LogP contribution in [0.5, 0.6) is 0 Å². The highest BCUT2D eigenvalue weighted by Crippen LogP contribution is 2.22. The lowest BCUT2D eigenvalue weighted by atomic mass is 9.89. The Bertz CT molecular complexity index is 160. The molecular formula is C13H26N2. The van der Waals surface area contributed by atoms with Gasteiger partial charge in [0.2, 0.25) is 0 Å². The molecule has 0 aromatic rings. The van der Waals surface area contributed by atoms with Crippen molar-refractivity contribution in [2.24, 2.45) is 5.92 Å². The smallest absolute Gasteiger partial charge is 0.00682 e. The fraction of sp³-hybridized carbons (Fsp3) is 1.00. The summed E-state index contributed by atoms with van der Waals surface area (Å²) >= 11 is 0. The van der Waals surface area contributed by atoms with Crippen molar-refractivity contribution in [2.75, 3.05) is 19.6 Å². The van der Waals surface area contributed by atoms with Crippen molar-refractivity contribution in [3.8, 4) is 0 Å². The molecule has 0 bridgehead atoms. The molecule has 2 N–H and O–H groups in total. The number of nitrogens with one attached hydrogen (secondary N) is 2. The lowest BCUT2D eigenvalue weighted by molar-refractivity contribution is 0.342. The van der Waals surface area contributed by atoms with Gasteiger partial charge in [0.25, 0.3) is 0 Å². The predicted octanol–water partition coefficient (Wildman–Crippen LogP) is 2.30. The van der Waals surface area contributed by atoms with Gasteiger partial charge in [-0.15, -0.1) is 0 Å². The van der Waals surface area contributed by atoms with E-state index in [0.717, 1.165) is 12.0 Å². The highest BCUT2D eigenvalue weighted by molar-refractivity contribution is 4.80. The summed E-state index contributed by atoms with van der Waals surface area (Å²) in [5.74, 6) is 0.982. The van der Waals surface area contributed by atoms with Gasteiger partial charge in [0.1, 0.15) is 0 Å². The minimum absolute atomic E-state index is 0.878. The molecule has 0 unspecified atom stereocenters. The van der Waals surface area contributed by atoms with E-state index in [-0.39, 0.29) is 0 Å². The molecule has 0 aliphatic heterocycles. The van der Waals surface area contributed by atoms with Gasteiger partial charge in [0, 0.05) is 6.04 Å². The van der Waals surface area contributed by atoms with Crippen LogP contribution in [0.4, 0.5) is 0 Å². The maximum Gasteiger partial charge on any atom is 0.00682 e. The second kappa shape index (κ2) is 6.49. The minimum atomic E-state index is 0.878. The summed E-state index contributed by atoms with van der Waals surface area (Å²) in [7, 11) is 0. The lowest BCUT2D eigenvalue weighted by Gasteiger charge is -2.21. The fourth-order valence-corrected chi connectivity index (χ4v) is 2.50. The second-order valence-electron chi connectivity index (χ2n) is 5.29. The zero-order chi connectivity index (χ0) is 10.3. The Morgan fingerprint density at radius 1 is 0.867 bits per heavy atom. The van der Waals surface area contributed by atoms with Gasteiger partial charge >= 0.3 is 0 Å². The van der Waals surface area contributed by atoms with Gasteiger partial charge in [0.05, 0.1) is 0 Å². The summed E-state index contributed by atoms with van der Waals surface area (Å²) in [6.07, 6.45) is 11.5. The molecule has 88 valence electrons. The van der Waals surface area contributed by atoms with Crippen LogP contribution < -0.4 is 10.6 Å². The summed E-state index contributed by atoms with van der Waals surface area (Å²) in [4.78, 5) is 0. The van der Waals surface area contributed by atoms with E-state index in [1.54, 1.807) is 0 Å². The van der Waals surface area contributed by atoms with Crippen molar-refractivity contribution in [3.63, 3.8) is 0 Å². The van der Waals surface area contributed by atoms with Crippen LogP contribution in [0.3, 0.4) is 0 Å². The number of hydrogen-bond donors (Lipinski definition) is 2. The van der Waals surface area contributed by atoms with Crippen LogP contribution in [-0.2, 0) is 0 Å². The average Bonchev–Trinajstić information content (AvgIpc) is 3.09. The molecule has 2 fully saturated rings. The molecular weight excluding hydrogens is 184 g/mol. The summed E-state index contributed by atoms with van der Waals surface area (Å²) in [6, 6.07) is 0.878. The molecule has 2 heteroatoms. The van der Waals surface area contributed by atoms with Crippen LogP contribution in [0.15, 0.2) is 0 Å². The van der Waals surface area contributed by atoms with Gasteiger partial charge in [-0.1, -0.05) is 19.3 Å². The molecule has 0 amide bonds. The van der Waals surface area contributed by atoms with E-state index in [4.69, 9.17) is 0 Å². The monoisotopic (exact) mass is 210 g/mol. The predicted molar refractivity (Wildman–Crippen MR) is 65.1 cm³/mol. The normalized spacial score (nSPS) is 23.2. The van der Waals surface area contributed by atoms with E-state index in [1.165, 1.54) is 71.0 Å². The molecule has 0 aromatic heterocycles. The van der Waals surface area contributed by atoms with Crippen molar-refractivity contribution in [2.45, 2.75) is 57.4 Å². The third-order valence-electron chi connectivity index (χ3n) is 3.70. The Morgan fingerprint density at radius 2 is 1.67 bits per heavy atom. The first-order valence-electron chi connectivity index (χ1n) is 6.89. The summed E-state index contributed by atoms with van der Waals surface area (Å²) < 4.78 is 0. The molecule has 0 aromatic carbocycles. The Labute approximate surface area is 94.2 Å². The Hall–Kier alpha value is -0.0800. The largest absolute Gasteiger partial charge is 0.316 e. The quantitative estimate of drug-likeness (QED) is 0.630. The molecule has 0 saturated heterocycles. The second-order valence-corrected chi connectivity index (χ2v) is 5.29. The Balaban J connectivity index is 1.37. The van der Waals surface area contributed by atoms with Crippen LogP contribution in [-0.4, -0.2) is 25.7 Å². The lowest BCUT2D eigenvalue weighted by Crippen LogP contribution is -2.28. The van der Waals surface area contributed by atoms with Crippen LogP contribution in [0.1, 0.15) is 51.4 Å². The van der Waals surface area contributed by atoms with Crippen LogP contribution in [0, 0.1) is 5.92 Å². The minimum Gasteiger partial charge on any atom is -0.316 e. The average molecular weight is 210 g/mol. The van der Waals surface area contributed by atoms with Crippen LogP contribution in [0.25, 0.3) is 0 Å². The zero-order valence-corrected chi connectivity index (χ0v) is 9.93. The standard InChI is InChI=1S/C13H26N2/c1-2-5-12(6-3-1)11-14-9-4-10-15-13-7-8-13/h12-15H,1-11H2. The van der Waals surface area contributed by atoms with Crippen molar-refractivity contribution in [1.82, 2.24) is 10.6 Å². The molecule has 2 aliphatic rings. The Kier molecular flexibility index (Phi) is 4.94. The summed E-state index contributed by atoms with van der Waals surface area (Å²) in [5.41, 5.74) is 0. The van der Waals surface area contributed by atoms with Crippen molar-refractivity contribution >= 4 is 0 Å². The molecule has 0 heterocycles. The van der Waals surface area contributed by atoms with Crippen LogP contribution in [0.2, 0.25) is 0 Å². The highest BCUT2D eigenvalue weighted by atomic mass is 14.9. The molecule has 2 saturated carbocycles. The molecule has 0 atom stereocenters. The molecule has 2 nitrogen and oxygen atoms in total. The maximum atomic E-state index is 3.61. The van der Waals surface area contributed by atoms with E-state index >= 15 is 0 Å². The first kappa shape index (κ1) is 11.4. The van der Waals surface area contributed by atoms with Crippen LogP contribution >= 0.6 is 0 Å². The van der Waals surface area contributed by atoms with E-state index in [1.807, 2.05) is 0 Å². The van der Waals surface area contributed by atoms with Gasteiger partial charge in [-0.2, -0.15) is 0 Å². The SMILES string of the molecule is C1CCC(CNCCCNC2CC2)CC1. The zero-order valence-electron chi connectivity index (χ0n) is 9.93. The third kappa shape index (κ3) is 4.98. The molecule has 0 spiro atoms. The number of hydrogen-bond acceptors (Lipinski definition) is 2. The number of rotatable bonds is 7. The third-order valence-corrected chi connectivity index (χ3v) is 3.70. The van der Waals surface area contributed by atoms with E-state index < -0.39 is 0 Å². The van der Waals surface area contributed by atoms with Gasteiger partial charge in [-0.3, -0.25) is 0 Å². The first-order chi connectivity index (χ1) is 7.45. The topological polar surface area (TPSA) is 24.1 Å². The molecule has 2 aliphatic carbocycles. The summed E-state index contributed by atoms with van der Waals surface area (Å²) in [5, 5.41) is 7.16. The van der Waals surface area contributed by atoms with E-state index in [0.29, 0.717) is 0 Å². The molecule has 15 heavy (non-hydrogen) atoms. The summed E-state index contributed by atoms with van der Waals surface area (Å²) in [6.45, 7) is 3.68. The maximum absolute atomic E-state index is 3.61. The van der Waals surface area contributed by atoms with Crippen molar-refractivity contribution < 1.29 is 0 Å². The highest BCUT2D eigenvalue weighted by Gasteiger charge is 2.19.